The van der Waals surface area contributed by atoms with Crippen molar-refractivity contribution in [3.05, 3.63) is 62.7 Å². The van der Waals surface area contributed by atoms with Crippen LogP contribution in [-0.2, 0) is 0 Å². The highest BCUT2D eigenvalue weighted by Crippen LogP contribution is 2.35. The maximum Gasteiger partial charge on any atom is 0.311 e. The first-order valence-electron chi connectivity index (χ1n) is 5.95. The van der Waals surface area contributed by atoms with Gasteiger partial charge in [0.2, 0.25) is 5.75 Å². The molecule has 6 nitrogen and oxygen atoms in total. The number of halogens is 1. The molecule has 0 bridgehead atoms. The van der Waals surface area contributed by atoms with E-state index < -0.39 is 4.92 Å². The average molecular weight is 306 g/mol. The van der Waals surface area contributed by atoms with Gasteiger partial charge in [0.05, 0.1) is 9.95 Å². The summed E-state index contributed by atoms with van der Waals surface area (Å²) in [6.45, 7) is 1.76. The molecule has 21 heavy (non-hydrogen) atoms. The van der Waals surface area contributed by atoms with Crippen molar-refractivity contribution < 1.29 is 9.66 Å². The summed E-state index contributed by atoms with van der Waals surface area (Å²) in [6, 6.07) is 9.20. The van der Waals surface area contributed by atoms with Crippen LogP contribution in [-0.4, -0.2) is 10.8 Å². The maximum atomic E-state index is 11.0. The van der Waals surface area contributed by atoms with Crippen LogP contribution in [0.5, 0.6) is 11.5 Å². The second-order valence-corrected chi connectivity index (χ2v) is 4.80. The molecule has 2 rings (SSSR count). The molecule has 2 aromatic rings. The topological polar surface area (TPSA) is 102 Å². The van der Waals surface area contributed by atoms with Crippen molar-refractivity contribution in [2.45, 2.75) is 6.92 Å². The fourth-order valence-corrected chi connectivity index (χ4v) is 1.95. The number of ether oxygens (including phenoxy) is 1. The number of rotatable bonds is 4. The number of nitro groups is 1. The number of nitrogens with two attached hydrogens (primary N) is 1. The Bertz CT molecular complexity index is 731. The molecule has 0 amide bonds. The molecule has 0 saturated heterocycles. The largest absolute Gasteiger partial charge is 0.449 e. The molecular formula is C14H12ClN3O3. The van der Waals surface area contributed by atoms with E-state index in [2.05, 4.69) is 0 Å². The molecule has 0 heterocycles. The number of nitrogens with zero attached hydrogens (tertiary/aromatic N) is 1. The van der Waals surface area contributed by atoms with E-state index in [1.54, 1.807) is 19.1 Å². The van der Waals surface area contributed by atoms with Gasteiger partial charge in [-0.1, -0.05) is 17.7 Å². The second kappa shape index (κ2) is 5.80. The van der Waals surface area contributed by atoms with Crippen LogP contribution in [0.25, 0.3) is 0 Å². The fraction of sp³-hybridized carbons (Fsp3) is 0.0714. The van der Waals surface area contributed by atoms with Crippen LogP contribution < -0.4 is 10.5 Å². The summed E-state index contributed by atoms with van der Waals surface area (Å²) in [6.07, 6.45) is 0. The standard InChI is InChI=1S/C14H12ClN3O3/c1-8-2-4-13(11(6-8)18(19)20)21-12-5-3-9(14(16)17)7-10(12)15/h2-7H,1H3,(H3,16,17). The Labute approximate surface area is 125 Å². The van der Waals surface area contributed by atoms with Gasteiger partial charge in [0, 0.05) is 11.6 Å². The Morgan fingerprint density at radius 2 is 1.95 bits per heavy atom. The van der Waals surface area contributed by atoms with Gasteiger partial charge in [-0.05, 0) is 36.8 Å². The zero-order valence-corrected chi connectivity index (χ0v) is 11.8. The van der Waals surface area contributed by atoms with Crippen LogP contribution in [0.1, 0.15) is 11.1 Å². The molecule has 0 radical (unpaired) electrons. The van der Waals surface area contributed by atoms with Gasteiger partial charge in [-0.25, -0.2) is 0 Å². The molecule has 0 spiro atoms. The molecule has 3 N–H and O–H groups in total. The number of hydrogen-bond acceptors (Lipinski definition) is 4. The summed E-state index contributed by atoms with van der Waals surface area (Å²) < 4.78 is 5.51. The summed E-state index contributed by atoms with van der Waals surface area (Å²) in [5, 5.41) is 18.6. The maximum absolute atomic E-state index is 11.0. The zero-order chi connectivity index (χ0) is 15.6. The average Bonchev–Trinajstić information content (AvgIpc) is 2.42. The molecule has 7 heteroatoms. The van der Waals surface area contributed by atoms with Crippen LogP contribution in [0.15, 0.2) is 36.4 Å². The van der Waals surface area contributed by atoms with Crippen LogP contribution in [0, 0.1) is 22.4 Å². The number of aryl methyl sites for hydroxylation is 1. The number of nitro benzene ring substituents is 1. The summed E-state index contributed by atoms with van der Waals surface area (Å²) in [4.78, 5) is 10.5. The fourth-order valence-electron chi connectivity index (χ4n) is 1.73. The van der Waals surface area contributed by atoms with Gasteiger partial charge in [0.1, 0.15) is 11.6 Å². The number of hydrogen-bond donors (Lipinski definition) is 2. The predicted octanol–water partition coefficient (Wildman–Crippen LogP) is 3.63. The smallest absolute Gasteiger partial charge is 0.311 e. The third-order valence-electron chi connectivity index (χ3n) is 2.77. The molecule has 2 aromatic carbocycles. The van der Waals surface area contributed by atoms with Crippen molar-refractivity contribution in [3.8, 4) is 11.5 Å². The Morgan fingerprint density at radius 3 is 2.52 bits per heavy atom. The SMILES string of the molecule is Cc1ccc(Oc2ccc(C(=N)N)cc2Cl)c([N+](=O)[O-])c1. The first kappa shape index (κ1) is 14.8. The van der Waals surface area contributed by atoms with E-state index in [1.165, 1.54) is 24.3 Å². The molecule has 0 aromatic heterocycles. The Morgan fingerprint density at radius 1 is 1.29 bits per heavy atom. The summed E-state index contributed by atoms with van der Waals surface area (Å²) in [5.41, 5.74) is 6.43. The first-order chi connectivity index (χ1) is 9.88. The number of amidine groups is 1. The number of nitrogens with one attached hydrogen (secondary N) is 1. The summed E-state index contributed by atoms with van der Waals surface area (Å²) >= 11 is 6.04. The van der Waals surface area contributed by atoms with Crippen LogP contribution in [0.4, 0.5) is 5.69 Å². The van der Waals surface area contributed by atoms with Crippen molar-refractivity contribution in [3.63, 3.8) is 0 Å². The van der Waals surface area contributed by atoms with Crippen LogP contribution in [0.3, 0.4) is 0 Å². The molecule has 0 aliphatic rings. The molecule has 108 valence electrons. The van der Waals surface area contributed by atoms with E-state index in [0.29, 0.717) is 5.56 Å². The lowest BCUT2D eigenvalue weighted by Gasteiger charge is -2.09. The van der Waals surface area contributed by atoms with E-state index in [-0.39, 0.29) is 28.0 Å². The third-order valence-corrected chi connectivity index (χ3v) is 3.07. The molecule has 0 aliphatic heterocycles. The van der Waals surface area contributed by atoms with Crippen molar-refractivity contribution in [1.82, 2.24) is 0 Å². The lowest BCUT2D eigenvalue weighted by atomic mass is 10.2. The van der Waals surface area contributed by atoms with Gasteiger partial charge in [-0.15, -0.1) is 0 Å². The second-order valence-electron chi connectivity index (χ2n) is 4.39. The Balaban J connectivity index is 2.39. The van der Waals surface area contributed by atoms with Crippen molar-refractivity contribution >= 4 is 23.1 Å². The minimum absolute atomic E-state index is 0.100. The highest BCUT2D eigenvalue weighted by molar-refractivity contribution is 6.32. The van der Waals surface area contributed by atoms with Crippen molar-refractivity contribution in [2.75, 3.05) is 0 Å². The molecule has 0 fully saturated rings. The van der Waals surface area contributed by atoms with E-state index >= 15 is 0 Å². The first-order valence-corrected chi connectivity index (χ1v) is 6.33. The van der Waals surface area contributed by atoms with Gasteiger partial charge in [-0.2, -0.15) is 0 Å². The molecule has 0 aliphatic carbocycles. The number of nitrogen functional groups attached to an aromatic ring is 1. The Kier molecular flexibility index (Phi) is 4.09. The lowest BCUT2D eigenvalue weighted by molar-refractivity contribution is -0.385. The van der Waals surface area contributed by atoms with Gasteiger partial charge >= 0.3 is 5.69 Å². The monoisotopic (exact) mass is 305 g/mol. The normalized spacial score (nSPS) is 10.2. The van der Waals surface area contributed by atoms with Crippen LogP contribution in [0.2, 0.25) is 5.02 Å². The molecular weight excluding hydrogens is 294 g/mol. The third kappa shape index (κ3) is 3.29. The minimum atomic E-state index is -0.514. The summed E-state index contributed by atoms with van der Waals surface area (Å²) in [5.74, 6) is 0.237. The highest BCUT2D eigenvalue weighted by Gasteiger charge is 2.17. The predicted molar refractivity (Wildman–Crippen MR) is 80.4 cm³/mol. The van der Waals surface area contributed by atoms with E-state index in [0.717, 1.165) is 5.56 Å². The highest BCUT2D eigenvalue weighted by atomic mass is 35.5. The van der Waals surface area contributed by atoms with Gasteiger partial charge in [0.25, 0.3) is 0 Å². The molecule has 0 unspecified atom stereocenters. The molecule has 0 saturated carbocycles. The van der Waals surface area contributed by atoms with E-state index in [9.17, 15) is 10.1 Å². The molecule has 0 atom stereocenters. The summed E-state index contributed by atoms with van der Waals surface area (Å²) in [7, 11) is 0. The van der Waals surface area contributed by atoms with Crippen LogP contribution >= 0.6 is 11.6 Å². The van der Waals surface area contributed by atoms with Gasteiger partial charge in [0.15, 0.2) is 0 Å². The Hall–Kier alpha value is -2.60. The van der Waals surface area contributed by atoms with Crippen molar-refractivity contribution in [1.29, 1.82) is 5.41 Å². The van der Waals surface area contributed by atoms with Gasteiger partial charge in [-0.3, -0.25) is 15.5 Å². The van der Waals surface area contributed by atoms with Gasteiger partial charge < -0.3 is 10.5 Å². The van der Waals surface area contributed by atoms with E-state index in [1.807, 2.05) is 0 Å². The quantitative estimate of drug-likeness (QED) is 0.389. The van der Waals surface area contributed by atoms with Crippen molar-refractivity contribution in [2.24, 2.45) is 5.73 Å². The van der Waals surface area contributed by atoms with E-state index in [4.69, 9.17) is 27.5 Å². The lowest BCUT2D eigenvalue weighted by Crippen LogP contribution is -2.10. The minimum Gasteiger partial charge on any atom is -0.449 e. The zero-order valence-electron chi connectivity index (χ0n) is 11.1. The number of benzene rings is 2.